The van der Waals surface area contributed by atoms with Gasteiger partial charge in [-0.05, 0) is 37.6 Å². The zero-order valence-corrected chi connectivity index (χ0v) is 13.0. The van der Waals surface area contributed by atoms with E-state index in [2.05, 4.69) is 16.7 Å². The van der Waals surface area contributed by atoms with Crippen LogP contribution in [0.3, 0.4) is 0 Å². The Labute approximate surface area is 130 Å². The molecule has 0 saturated heterocycles. The van der Waals surface area contributed by atoms with E-state index in [4.69, 9.17) is 11.6 Å². The molecule has 2 aromatic carbocycles. The number of amides is 1. The van der Waals surface area contributed by atoms with Gasteiger partial charge in [0, 0.05) is 23.8 Å². The number of benzene rings is 2. The van der Waals surface area contributed by atoms with E-state index in [9.17, 15) is 4.79 Å². The van der Waals surface area contributed by atoms with E-state index in [-0.39, 0.29) is 5.91 Å². The molecule has 4 heteroatoms. The van der Waals surface area contributed by atoms with Gasteiger partial charge in [0.05, 0.1) is 5.56 Å². The summed E-state index contributed by atoms with van der Waals surface area (Å²) in [5, 5.41) is 6.66. The number of nitrogens with one attached hydrogen (secondary N) is 2. The summed E-state index contributed by atoms with van der Waals surface area (Å²) in [5.74, 6) is -0.130. The summed E-state index contributed by atoms with van der Waals surface area (Å²) in [4.78, 5) is 12.3. The number of halogens is 1. The minimum absolute atomic E-state index is 0.130. The molecule has 0 atom stereocenters. The summed E-state index contributed by atoms with van der Waals surface area (Å²) in [6, 6.07) is 13.4. The standard InChI is InChI=1S/C17H19ClN2O/c1-3-19-16-8-7-14(18)10-15(16)17(21)20-11-13-6-4-5-12(2)9-13/h4-10,19H,3,11H2,1-2H3,(H,20,21). The normalized spacial score (nSPS) is 10.2. The topological polar surface area (TPSA) is 41.1 Å². The third kappa shape index (κ3) is 4.23. The lowest BCUT2D eigenvalue weighted by Gasteiger charge is -2.12. The highest BCUT2D eigenvalue weighted by Gasteiger charge is 2.11. The number of anilines is 1. The van der Waals surface area contributed by atoms with E-state index in [1.807, 2.05) is 38.1 Å². The maximum absolute atomic E-state index is 12.3. The maximum atomic E-state index is 12.3. The van der Waals surface area contributed by atoms with Gasteiger partial charge in [-0.25, -0.2) is 0 Å². The van der Waals surface area contributed by atoms with Crippen molar-refractivity contribution in [1.82, 2.24) is 5.32 Å². The van der Waals surface area contributed by atoms with Crippen molar-refractivity contribution in [2.75, 3.05) is 11.9 Å². The Bertz CT molecular complexity index is 640. The second-order valence-electron chi connectivity index (χ2n) is 4.89. The Morgan fingerprint density at radius 3 is 2.71 bits per heavy atom. The van der Waals surface area contributed by atoms with Crippen LogP contribution in [0.2, 0.25) is 5.02 Å². The van der Waals surface area contributed by atoms with Crippen LogP contribution in [0.5, 0.6) is 0 Å². The van der Waals surface area contributed by atoms with Gasteiger partial charge in [-0.3, -0.25) is 4.79 Å². The minimum atomic E-state index is -0.130. The first kappa shape index (κ1) is 15.4. The predicted molar refractivity (Wildman–Crippen MR) is 88.0 cm³/mol. The Balaban J connectivity index is 2.11. The quantitative estimate of drug-likeness (QED) is 0.876. The monoisotopic (exact) mass is 302 g/mol. The van der Waals surface area contributed by atoms with Gasteiger partial charge >= 0.3 is 0 Å². The van der Waals surface area contributed by atoms with Crippen LogP contribution < -0.4 is 10.6 Å². The van der Waals surface area contributed by atoms with Crippen LogP contribution in [-0.2, 0) is 6.54 Å². The molecule has 3 nitrogen and oxygen atoms in total. The van der Waals surface area contributed by atoms with Gasteiger partial charge in [-0.15, -0.1) is 0 Å². The Hall–Kier alpha value is -2.00. The van der Waals surface area contributed by atoms with Crippen molar-refractivity contribution < 1.29 is 4.79 Å². The molecule has 2 N–H and O–H groups in total. The van der Waals surface area contributed by atoms with Crippen LogP contribution in [0.15, 0.2) is 42.5 Å². The van der Waals surface area contributed by atoms with Gasteiger partial charge in [0.1, 0.15) is 0 Å². The largest absolute Gasteiger partial charge is 0.385 e. The molecule has 0 heterocycles. The lowest BCUT2D eigenvalue weighted by Crippen LogP contribution is -2.24. The molecule has 0 aromatic heterocycles. The molecule has 0 aliphatic rings. The number of rotatable bonds is 5. The zero-order chi connectivity index (χ0) is 15.2. The first-order chi connectivity index (χ1) is 10.1. The van der Waals surface area contributed by atoms with Gasteiger partial charge in [-0.2, -0.15) is 0 Å². The van der Waals surface area contributed by atoms with Crippen LogP contribution >= 0.6 is 11.6 Å². The molecule has 0 fully saturated rings. The molecule has 110 valence electrons. The highest BCUT2D eigenvalue weighted by atomic mass is 35.5. The first-order valence-corrected chi connectivity index (χ1v) is 7.35. The van der Waals surface area contributed by atoms with E-state index in [0.29, 0.717) is 17.1 Å². The minimum Gasteiger partial charge on any atom is -0.385 e. The lowest BCUT2D eigenvalue weighted by molar-refractivity contribution is 0.0951. The van der Waals surface area contributed by atoms with E-state index < -0.39 is 0 Å². The van der Waals surface area contributed by atoms with Crippen molar-refractivity contribution in [3.8, 4) is 0 Å². The Morgan fingerprint density at radius 2 is 2.00 bits per heavy atom. The van der Waals surface area contributed by atoms with Crippen molar-refractivity contribution in [3.63, 3.8) is 0 Å². The average Bonchev–Trinajstić information content (AvgIpc) is 2.47. The third-order valence-electron chi connectivity index (χ3n) is 3.13. The number of carbonyl (C=O) groups is 1. The van der Waals surface area contributed by atoms with Crippen LogP contribution in [0, 0.1) is 6.92 Å². The molecule has 0 saturated carbocycles. The fourth-order valence-electron chi connectivity index (χ4n) is 2.15. The summed E-state index contributed by atoms with van der Waals surface area (Å²) in [5.41, 5.74) is 3.62. The molecule has 0 unspecified atom stereocenters. The molecular formula is C17H19ClN2O. The Kier molecular flexibility index (Phi) is 5.23. The predicted octanol–water partition coefficient (Wildman–Crippen LogP) is 4.01. The van der Waals surface area contributed by atoms with Crippen molar-refractivity contribution in [2.24, 2.45) is 0 Å². The third-order valence-corrected chi connectivity index (χ3v) is 3.36. The molecule has 2 aromatic rings. The molecule has 21 heavy (non-hydrogen) atoms. The van der Waals surface area contributed by atoms with Crippen LogP contribution in [0.4, 0.5) is 5.69 Å². The number of hydrogen-bond acceptors (Lipinski definition) is 2. The van der Waals surface area contributed by atoms with Gasteiger partial charge in [0.25, 0.3) is 5.91 Å². The number of aryl methyl sites for hydroxylation is 1. The van der Waals surface area contributed by atoms with E-state index >= 15 is 0 Å². The average molecular weight is 303 g/mol. The van der Waals surface area contributed by atoms with Crippen LogP contribution in [0.1, 0.15) is 28.4 Å². The highest BCUT2D eigenvalue weighted by Crippen LogP contribution is 2.20. The van der Waals surface area contributed by atoms with Crippen molar-refractivity contribution in [2.45, 2.75) is 20.4 Å². The van der Waals surface area contributed by atoms with Gasteiger partial charge in [-0.1, -0.05) is 41.4 Å². The summed E-state index contributed by atoms with van der Waals surface area (Å²) in [6.45, 7) is 5.27. The first-order valence-electron chi connectivity index (χ1n) is 6.97. The molecule has 0 bridgehead atoms. The van der Waals surface area contributed by atoms with E-state index in [1.165, 1.54) is 5.56 Å². The van der Waals surface area contributed by atoms with Gasteiger partial charge in [0.2, 0.25) is 0 Å². The molecule has 0 aliphatic carbocycles. The molecule has 0 spiro atoms. The summed E-state index contributed by atoms with van der Waals surface area (Å²) >= 11 is 5.99. The zero-order valence-electron chi connectivity index (χ0n) is 12.2. The molecule has 0 radical (unpaired) electrons. The lowest BCUT2D eigenvalue weighted by atomic mass is 10.1. The molecular weight excluding hydrogens is 284 g/mol. The number of carbonyl (C=O) groups excluding carboxylic acids is 1. The summed E-state index contributed by atoms with van der Waals surface area (Å²) in [7, 11) is 0. The second kappa shape index (κ2) is 7.14. The second-order valence-corrected chi connectivity index (χ2v) is 5.33. The summed E-state index contributed by atoms with van der Waals surface area (Å²) in [6.07, 6.45) is 0. The van der Waals surface area contributed by atoms with Gasteiger partial charge < -0.3 is 10.6 Å². The summed E-state index contributed by atoms with van der Waals surface area (Å²) < 4.78 is 0. The smallest absolute Gasteiger partial charge is 0.253 e. The van der Waals surface area contributed by atoms with Gasteiger partial charge in [0.15, 0.2) is 0 Å². The number of hydrogen-bond donors (Lipinski definition) is 2. The van der Waals surface area contributed by atoms with Crippen LogP contribution in [-0.4, -0.2) is 12.5 Å². The Morgan fingerprint density at radius 1 is 1.19 bits per heavy atom. The fraction of sp³-hybridized carbons (Fsp3) is 0.235. The molecule has 1 amide bonds. The van der Waals surface area contributed by atoms with E-state index in [0.717, 1.165) is 17.8 Å². The van der Waals surface area contributed by atoms with Crippen molar-refractivity contribution in [3.05, 3.63) is 64.2 Å². The van der Waals surface area contributed by atoms with Crippen molar-refractivity contribution in [1.29, 1.82) is 0 Å². The SMILES string of the molecule is CCNc1ccc(Cl)cc1C(=O)NCc1cccc(C)c1. The molecule has 2 rings (SSSR count). The molecule has 0 aliphatic heterocycles. The van der Waals surface area contributed by atoms with Crippen molar-refractivity contribution >= 4 is 23.2 Å². The van der Waals surface area contributed by atoms with Crippen LogP contribution in [0.25, 0.3) is 0 Å². The van der Waals surface area contributed by atoms with E-state index in [1.54, 1.807) is 12.1 Å². The maximum Gasteiger partial charge on any atom is 0.253 e. The highest BCUT2D eigenvalue weighted by molar-refractivity contribution is 6.31. The fourth-order valence-corrected chi connectivity index (χ4v) is 2.32.